The van der Waals surface area contributed by atoms with Crippen LogP contribution in [0.25, 0.3) is 0 Å². The summed E-state index contributed by atoms with van der Waals surface area (Å²) in [5, 5.41) is 0. The molecule has 2 N–H and O–H groups in total. The number of methoxy groups -OCH3 is 1. The van der Waals surface area contributed by atoms with Gasteiger partial charge in [0.15, 0.2) is 0 Å². The smallest absolute Gasteiger partial charge is 0.137 e. The first-order chi connectivity index (χ1) is 8.08. The molecule has 0 radical (unpaired) electrons. The average molecular weight is 235 g/mol. The molecule has 0 atom stereocenters. The number of benzene rings is 1. The molecule has 0 aliphatic carbocycles. The molecule has 0 unspecified atom stereocenters. The highest BCUT2D eigenvalue weighted by atomic mass is 16.5. The average Bonchev–Trinajstić information content (AvgIpc) is 2.30. The van der Waals surface area contributed by atoms with E-state index >= 15 is 0 Å². The van der Waals surface area contributed by atoms with Crippen molar-refractivity contribution < 1.29 is 9.53 Å². The van der Waals surface area contributed by atoms with Crippen LogP contribution in [0.2, 0.25) is 0 Å². The summed E-state index contributed by atoms with van der Waals surface area (Å²) < 4.78 is 5.20. The quantitative estimate of drug-likeness (QED) is 0.822. The number of nitrogens with two attached hydrogens (primary N) is 1. The molecule has 0 spiro atoms. The Morgan fingerprint density at radius 3 is 2.35 bits per heavy atom. The lowest BCUT2D eigenvalue weighted by Crippen LogP contribution is -2.09. The molecule has 0 saturated carbocycles. The van der Waals surface area contributed by atoms with Gasteiger partial charge in [0.25, 0.3) is 0 Å². The number of hydrogen-bond donors (Lipinski definition) is 1. The summed E-state index contributed by atoms with van der Waals surface area (Å²) in [6.45, 7) is 4.61. The van der Waals surface area contributed by atoms with Crippen LogP contribution in [0, 0.1) is 13.8 Å². The van der Waals surface area contributed by atoms with Gasteiger partial charge in [0, 0.05) is 12.8 Å². The number of ketones is 1. The number of hydrogen-bond acceptors (Lipinski definition) is 3. The van der Waals surface area contributed by atoms with Crippen molar-refractivity contribution in [2.45, 2.75) is 33.1 Å². The number of rotatable bonds is 6. The third kappa shape index (κ3) is 3.86. The Kier molecular flexibility index (Phi) is 5.16. The van der Waals surface area contributed by atoms with Crippen molar-refractivity contribution in [2.75, 3.05) is 13.7 Å². The molecule has 1 rings (SSSR count). The minimum Gasteiger partial charge on any atom is -0.497 e. The van der Waals surface area contributed by atoms with E-state index in [2.05, 4.69) is 0 Å². The second kappa shape index (κ2) is 6.40. The van der Waals surface area contributed by atoms with Crippen molar-refractivity contribution in [3.63, 3.8) is 0 Å². The SMILES string of the molecule is COc1cc(C)c(CC(=O)CCCN)c(C)c1. The highest BCUT2D eigenvalue weighted by Crippen LogP contribution is 2.22. The second-order valence-electron chi connectivity index (χ2n) is 4.35. The zero-order valence-corrected chi connectivity index (χ0v) is 10.9. The maximum Gasteiger partial charge on any atom is 0.137 e. The first-order valence-corrected chi connectivity index (χ1v) is 5.94. The van der Waals surface area contributed by atoms with Gasteiger partial charge in [0.05, 0.1) is 7.11 Å². The highest BCUT2D eigenvalue weighted by Gasteiger charge is 2.10. The third-order valence-corrected chi connectivity index (χ3v) is 2.94. The lowest BCUT2D eigenvalue weighted by atomic mass is 9.96. The van der Waals surface area contributed by atoms with Gasteiger partial charge >= 0.3 is 0 Å². The standard InChI is InChI=1S/C14H21NO2/c1-10-7-13(17-3)8-11(2)14(10)9-12(16)5-4-6-15/h7-8H,4-6,9,15H2,1-3H3. The number of Topliss-reactive ketones (excluding diaryl/α,β-unsaturated/α-hetero) is 1. The van der Waals surface area contributed by atoms with Crippen LogP contribution in [0.4, 0.5) is 0 Å². The van der Waals surface area contributed by atoms with Crippen molar-refractivity contribution >= 4 is 5.78 Å². The molecule has 0 amide bonds. The zero-order valence-electron chi connectivity index (χ0n) is 10.9. The van der Waals surface area contributed by atoms with Crippen LogP contribution >= 0.6 is 0 Å². The molecular weight excluding hydrogens is 214 g/mol. The van der Waals surface area contributed by atoms with E-state index in [-0.39, 0.29) is 5.78 Å². The van der Waals surface area contributed by atoms with E-state index in [4.69, 9.17) is 10.5 Å². The van der Waals surface area contributed by atoms with Crippen molar-refractivity contribution in [3.05, 3.63) is 28.8 Å². The zero-order chi connectivity index (χ0) is 12.8. The Morgan fingerprint density at radius 2 is 1.88 bits per heavy atom. The van der Waals surface area contributed by atoms with Gasteiger partial charge in [-0.25, -0.2) is 0 Å². The molecule has 0 fully saturated rings. The molecule has 17 heavy (non-hydrogen) atoms. The van der Waals surface area contributed by atoms with E-state index < -0.39 is 0 Å². The summed E-state index contributed by atoms with van der Waals surface area (Å²) in [7, 11) is 1.65. The van der Waals surface area contributed by atoms with Crippen molar-refractivity contribution in [1.82, 2.24) is 0 Å². The first-order valence-electron chi connectivity index (χ1n) is 5.94. The van der Waals surface area contributed by atoms with Crippen LogP contribution in [0.5, 0.6) is 5.75 Å². The minimum absolute atomic E-state index is 0.256. The molecule has 3 nitrogen and oxygen atoms in total. The van der Waals surface area contributed by atoms with Crippen LogP contribution in [0.3, 0.4) is 0 Å². The summed E-state index contributed by atoms with van der Waals surface area (Å²) in [6, 6.07) is 3.94. The predicted molar refractivity (Wildman–Crippen MR) is 69.5 cm³/mol. The number of aryl methyl sites for hydroxylation is 2. The monoisotopic (exact) mass is 235 g/mol. The van der Waals surface area contributed by atoms with Crippen LogP contribution in [0.15, 0.2) is 12.1 Å². The van der Waals surface area contributed by atoms with Gasteiger partial charge in [-0.15, -0.1) is 0 Å². The summed E-state index contributed by atoms with van der Waals surface area (Å²) in [5.41, 5.74) is 8.75. The molecule has 1 aromatic rings. The van der Waals surface area contributed by atoms with Gasteiger partial charge in [-0.05, 0) is 55.6 Å². The minimum atomic E-state index is 0.256. The van der Waals surface area contributed by atoms with Gasteiger partial charge in [-0.1, -0.05) is 0 Å². The number of carbonyl (C=O) groups excluding carboxylic acids is 1. The van der Waals surface area contributed by atoms with Crippen LogP contribution < -0.4 is 10.5 Å². The van der Waals surface area contributed by atoms with Crippen molar-refractivity contribution in [2.24, 2.45) is 5.73 Å². The van der Waals surface area contributed by atoms with E-state index in [0.717, 1.165) is 28.9 Å². The maximum atomic E-state index is 11.7. The fourth-order valence-corrected chi connectivity index (χ4v) is 1.94. The molecule has 0 aromatic heterocycles. The van der Waals surface area contributed by atoms with E-state index in [1.165, 1.54) is 0 Å². The molecule has 0 saturated heterocycles. The summed E-state index contributed by atoms with van der Waals surface area (Å²) in [6.07, 6.45) is 1.84. The summed E-state index contributed by atoms with van der Waals surface area (Å²) in [5.74, 6) is 1.10. The molecule has 94 valence electrons. The molecular formula is C14H21NO2. The Hall–Kier alpha value is -1.35. The van der Waals surface area contributed by atoms with Crippen molar-refractivity contribution in [3.8, 4) is 5.75 Å². The summed E-state index contributed by atoms with van der Waals surface area (Å²) in [4.78, 5) is 11.7. The molecule has 3 heteroatoms. The molecule has 0 aliphatic rings. The van der Waals surface area contributed by atoms with Gasteiger partial charge in [-0.3, -0.25) is 4.79 Å². The Balaban J connectivity index is 2.80. The van der Waals surface area contributed by atoms with E-state index in [1.807, 2.05) is 26.0 Å². The van der Waals surface area contributed by atoms with Crippen molar-refractivity contribution in [1.29, 1.82) is 0 Å². The Morgan fingerprint density at radius 1 is 1.29 bits per heavy atom. The van der Waals surface area contributed by atoms with E-state index in [1.54, 1.807) is 7.11 Å². The van der Waals surface area contributed by atoms with Gasteiger partial charge in [0.2, 0.25) is 0 Å². The van der Waals surface area contributed by atoms with Crippen LogP contribution in [0.1, 0.15) is 29.5 Å². The Bertz CT molecular complexity index is 376. The fourth-order valence-electron chi connectivity index (χ4n) is 1.94. The van der Waals surface area contributed by atoms with Crippen LogP contribution in [-0.2, 0) is 11.2 Å². The first kappa shape index (κ1) is 13.7. The molecule has 0 heterocycles. The van der Waals surface area contributed by atoms with E-state index in [9.17, 15) is 4.79 Å². The van der Waals surface area contributed by atoms with E-state index in [0.29, 0.717) is 19.4 Å². The third-order valence-electron chi connectivity index (χ3n) is 2.94. The topological polar surface area (TPSA) is 52.3 Å². The largest absolute Gasteiger partial charge is 0.497 e. The normalized spacial score (nSPS) is 10.4. The number of carbonyl (C=O) groups is 1. The molecule has 0 bridgehead atoms. The number of ether oxygens (including phenoxy) is 1. The highest BCUT2D eigenvalue weighted by molar-refractivity contribution is 5.81. The second-order valence-corrected chi connectivity index (χ2v) is 4.35. The van der Waals surface area contributed by atoms with Gasteiger partial charge < -0.3 is 10.5 Å². The maximum absolute atomic E-state index is 11.7. The molecule has 0 aliphatic heterocycles. The predicted octanol–water partition coefficient (Wildman–Crippen LogP) is 2.16. The lowest BCUT2D eigenvalue weighted by Gasteiger charge is -2.11. The van der Waals surface area contributed by atoms with Crippen LogP contribution in [-0.4, -0.2) is 19.4 Å². The van der Waals surface area contributed by atoms with Gasteiger partial charge in [0.1, 0.15) is 11.5 Å². The fraction of sp³-hybridized carbons (Fsp3) is 0.500. The summed E-state index contributed by atoms with van der Waals surface area (Å²) >= 11 is 0. The Labute approximate surface area is 103 Å². The molecule has 1 aromatic carbocycles. The lowest BCUT2D eigenvalue weighted by molar-refractivity contribution is -0.118. The van der Waals surface area contributed by atoms with Gasteiger partial charge in [-0.2, -0.15) is 0 Å².